The molecule has 30 heavy (non-hydrogen) atoms. The second-order valence-electron chi connectivity index (χ2n) is 6.41. The molecule has 1 aromatic heterocycles. The molecule has 152 valence electrons. The lowest BCUT2D eigenvalue weighted by Gasteiger charge is -2.13. The molecule has 6 nitrogen and oxygen atoms in total. The number of hydrogen-bond donors (Lipinski definition) is 1. The highest BCUT2D eigenvalue weighted by Gasteiger charge is 2.15. The van der Waals surface area contributed by atoms with Crippen LogP contribution in [-0.4, -0.2) is 25.1 Å². The van der Waals surface area contributed by atoms with E-state index in [1.165, 1.54) is 11.8 Å². The SMILES string of the molecule is COc1ccc(NC(=O)c2ccccc2CSc2nc3ccccc3o2)c(OC)c1. The summed E-state index contributed by atoms with van der Waals surface area (Å²) in [6, 6.07) is 20.4. The lowest BCUT2D eigenvalue weighted by molar-refractivity contribution is 0.102. The standard InChI is InChI=1S/C23H20N2O4S/c1-27-16-11-12-19(21(13-16)28-2)24-22(26)17-8-4-3-7-15(17)14-30-23-25-18-9-5-6-10-20(18)29-23/h3-13H,14H2,1-2H3,(H,24,26). The van der Waals surface area contributed by atoms with Gasteiger partial charge in [0.05, 0.1) is 19.9 Å². The zero-order valence-corrected chi connectivity index (χ0v) is 17.4. The van der Waals surface area contributed by atoms with E-state index >= 15 is 0 Å². The molecule has 0 aliphatic carbocycles. The summed E-state index contributed by atoms with van der Waals surface area (Å²) >= 11 is 1.45. The number of ether oxygens (including phenoxy) is 2. The Labute approximate surface area is 178 Å². The van der Waals surface area contributed by atoms with Crippen molar-refractivity contribution in [3.05, 3.63) is 77.9 Å². The maximum Gasteiger partial charge on any atom is 0.257 e. The molecule has 0 unspecified atom stereocenters. The lowest BCUT2D eigenvalue weighted by atomic mass is 10.1. The quantitative estimate of drug-likeness (QED) is 0.404. The average molecular weight is 420 g/mol. The van der Waals surface area contributed by atoms with E-state index in [1.807, 2.05) is 42.5 Å². The van der Waals surface area contributed by atoms with E-state index in [4.69, 9.17) is 13.9 Å². The molecule has 0 fully saturated rings. The molecule has 0 aliphatic heterocycles. The Kier molecular flexibility index (Phi) is 5.90. The van der Waals surface area contributed by atoms with Gasteiger partial charge in [-0.25, -0.2) is 4.98 Å². The Bertz CT molecular complexity index is 1160. The number of benzene rings is 3. The fraction of sp³-hybridized carbons (Fsp3) is 0.130. The van der Waals surface area contributed by atoms with Crippen molar-refractivity contribution in [2.24, 2.45) is 0 Å². The van der Waals surface area contributed by atoms with Crippen LogP contribution < -0.4 is 14.8 Å². The molecule has 0 aliphatic rings. The predicted octanol–water partition coefficient (Wildman–Crippen LogP) is 5.39. The van der Waals surface area contributed by atoms with Gasteiger partial charge in [0.25, 0.3) is 11.1 Å². The van der Waals surface area contributed by atoms with Crippen LogP contribution in [0.5, 0.6) is 11.5 Å². The van der Waals surface area contributed by atoms with E-state index in [-0.39, 0.29) is 5.91 Å². The maximum atomic E-state index is 13.0. The highest BCUT2D eigenvalue weighted by molar-refractivity contribution is 7.98. The third kappa shape index (κ3) is 4.26. The Morgan fingerprint density at radius 2 is 1.83 bits per heavy atom. The minimum Gasteiger partial charge on any atom is -0.497 e. The number of para-hydroxylation sites is 2. The van der Waals surface area contributed by atoms with Crippen molar-refractivity contribution in [3.8, 4) is 11.5 Å². The van der Waals surface area contributed by atoms with Crippen molar-refractivity contribution < 1.29 is 18.7 Å². The molecular weight excluding hydrogens is 400 g/mol. The Morgan fingerprint density at radius 3 is 2.63 bits per heavy atom. The smallest absolute Gasteiger partial charge is 0.257 e. The van der Waals surface area contributed by atoms with E-state index in [9.17, 15) is 4.79 Å². The van der Waals surface area contributed by atoms with Crippen LogP contribution in [0.4, 0.5) is 5.69 Å². The number of carbonyl (C=O) groups is 1. The molecule has 1 heterocycles. The van der Waals surface area contributed by atoms with Crippen molar-refractivity contribution in [1.82, 2.24) is 4.98 Å². The van der Waals surface area contributed by atoms with Crippen molar-refractivity contribution in [2.75, 3.05) is 19.5 Å². The van der Waals surface area contributed by atoms with Gasteiger partial charge in [0.1, 0.15) is 17.0 Å². The van der Waals surface area contributed by atoms with Gasteiger partial charge in [-0.3, -0.25) is 4.79 Å². The van der Waals surface area contributed by atoms with Gasteiger partial charge in [-0.2, -0.15) is 0 Å². The second kappa shape index (κ2) is 8.92. The molecule has 1 N–H and O–H groups in total. The fourth-order valence-corrected chi connectivity index (χ4v) is 3.85. The minimum absolute atomic E-state index is 0.216. The molecule has 0 saturated carbocycles. The topological polar surface area (TPSA) is 73.6 Å². The van der Waals surface area contributed by atoms with Gasteiger partial charge < -0.3 is 19.2 Å². The molecule has 0 atom stereocenters. The first-order chi connectivity index (χ1) is 14.7. The first-order valence-electron chi connectivity index (χ1n) is 9.27. The van der Waals surface area contributed by atoms with Gasteiger partial charge in [0, 0.05) is 17.4 Å². The summed E-state index contributed by atoms with van der Waals surface area (Å²) < 4.78 is 16.3. The van der Waals surface area contributed by atoms with Crippen molar-refractivity contribution >= 4 is 34.5 Å². The van der Waals surface area contributed by atoms with Crippen LogP contribution in [0.3, 0.4) is 0 Å². The number of methoxy groups -OCH3 is 2. The Morgan fingerprint density at radius 1 is 1.03 bits per heavy atom. The largest absolute Gasteiger partial charge is 0.497 e. The molecule has 1 amide bonds. The molecule has 3 aromatic carbocycles. The normalized spacial score (nSPS) is 10.7. The molecule has 7 heteroatoms. The molecular formula is C23H20N2O4S. The highest BCUT2D eigenvalue weighted by Crippen LogP contribution is 2.31. The van der Waals surface area contributed by atoms with E-state index in [2.05, 4.69) is 10.3 Å². The monoisotopic (exact) mass is 420 g/mol. The molecule has 0 radical (unpaired) electrons. The number of thioether (sulfide) groups is 1. The summed E-state index contributed by atoms with van der Waals surface area (Å²) in [7, 11) is 3.13. The van der Waals surface area contributed by atoms with Gasteiger partial charge >= 0.3 is 0 Å². The first-order valence-corrected chi connectivity index (χ1v) is 10.3. The summed E-state index contributed by atoms with van der Waals surface area (Å²) in [5, 5.41) is 3.49. The zero-order valence-electron chi connectivity index (χ0n) is 16.5. The second-order valence-corrected chi connectivity index (χ2v) is 7.34. The van der Waals surface area contributed by atoms with Crippen molar-refractivity contribution in [2.45, 2.75) is 11.0 Å². The van der Waals surface area contributed by atoms with Crippen LogP contribution in [0.1, 0.15) is 15.9 Å². The maximum absolute atomic E-state index is 13.0. The van der Waals surface area contributed by atoms with Crippen LogP contribution in [0.15, 0.2) is 76.4 Å². The number of anilines is 1. The summed E-state index contributed by atoms with van der Waals surface area (Å²) in [5.74, 6) is 1.52. The number of aromatic nitrogens is 1. The Hall–Kier alpha value is -3.45. The van der Waals surface area contributed by atoms with Gasteiger partial charge in [0.2, 0.25) is 0 Å². The number of hydrogen-bond acceptors (Lipinski definition) is 6. The fourth-order valence-electron chi connectivity index (χ4n) is 3.01. The third-order valence-electron chi connectivity index (χ3n) is 4.54. The van der Waals surface area contributed by atoms with Crippen LogP contribution >= 0.6 is 11.8 Å². The number of oxazole rings is 1. The number of fused-ring (bicyclic) bond motifs is 1. The van der Waals surface area contributed by atoms with Crippen LogP contribution in [0.25, 0.3) is 11.1 Å². The molecule has 0 spiro atoms. The van der Waals surface area contributed by atoms with E-state index in [1.54, 1.807) is 38.5 Å². The molecule has 0 saturated heterocycles. The number of rotatable bonds is 7. The van der Waals surface area contributed by atoms with Gasteiger partial charge in [-0.15, -0.1) is 0 Å². The number of nitrogens with one attached hydrogen (secondary N) is 1. The van der Waals surface area contributed by atoms with Gasteiger partial charge in [-0.1, -0.05) is 42.1 Å². The van der Waals surface area contributed by atoms with Crippen LogP contribution in [0.2, 0.25) is 0 Å². The number of nitrogens with zero attached hydrogens (tertiary/aromatic N) is 1. The predicted molar refractivity (Wildman–Crippen MR) is 118 cm³/mol. The number of amides is 1. The highest BCUT2D eigenvalue weighted by atomic mass is 32.2. The number of carbonyl (C=O) groups excluding carboxylic acids is 1. The van der Waals surface area contributed by atoms with Crippen molar-refractivity contribution in [1.29, 1.82) is 0 Å². The van der Waals surface area contributed by atoms with E-state index < -0.39 is 0 Å². The minimum atomic E-state index is -0.216. The van der Waals surface area contributed by atoms with E-state index in [0.29, 0.717) is 33.7 Å². The van der Waals surface area contributed by atoms with E-state index in [0.717, 1.165) is 16.7 Å². The first kappa shape index (κ1) is 19.8. The van der Waals surface area contributed by atoms with Gasteiger partial charge in [-0.05, 0) is 35.9 Å². The van der Waals surface area contributed by atoms with Crippen LogP contribution in [0, 0.1) is 0 Å². The summed E-state index contributed by atoms with van der Waals surface area (Å²) in [6.07, 6.45) is 0. The lowest BCUT2D eigenvalue weighted by Crippen LogP contribution is -2.14. The Balaban J connectivity index is 1.52. The zero-order chi connectivity index (χ0) is 20.9. The molecule has 4 rings (SSSR count). The molecule has 0 bridgehead atoms. The summed E-state index contributed by atoms with van der Waals surface area (Å²) in [6.45, 7) is 0. The van der Waals surface area contributed by atoms with Crippen molar-refractivity contribution in [3.63, 3.8) is 0 Å². The summed E-state index contributed by atoms with van der Waals surface area (Å²) in [5.41, 5.74) is 3.61. The van der Waals surface area contributed by atoms with Crippen LogP contribution in [-0.2, 0) is 5.75 Å². The third-order valence-corrected chi connectivity index (χ3v) is 5.42. The molecule has 4 aromatic rings. The average Bonchev–Trinajstić information content (AvgIpc) is 3.21. The summed E-state index contributed by atoms with van der Waals surface area (Å²) in [4.78, 5) is 17.4. The van der Waals surface area contributed by atoms with Gasteiger partial charge in [0.15, 0.2) is 5.58 Å².